The topological polar surface area (TPSA) is 12.4 Å². The van der Waals surface area contributed by atoms with Crippen molar-refractivity contribution >= 4 is 5.71 Å². The van der Waals surface area contributed by atoms with Gasteiger partial charge < -0.3 is 0 Å². The zero-order chi connectivity index (χ0) is 7.28. The van der Waals surface area contributed by atoms with Gasteiger partial charge in [0.05, 0.1) is 0 Å². The van der Waals surface area contributed by atoms with E-state index >= 15 is 0 Å². The molecule has 0 aliphatic heterocycles. The summed E-state index contributed by atoms with van der Waals surface area (Å²) in [6, 6.07) is 0. The normalized spacial score (nSPS) is 11.1. The molecule has 9 heavy (non-hydrogen) atoms. The second-order valence-electron chi connectivity index (χ2n) is 1.90. The van der Waals surface area contributed by atoms with Crippen LogP contribution >= 0.6 is 0 Å². The minimum atomic E-state index is 0.840. The van der Waals surface area contributed by atoms with Gasteiger partial charge in [-0.1, -0.05) is 20.1 Å². The summed E-state index contributed by atoms with van der Waals surface area (Å²) >= 11 is 0. The van der Waals surface area contributed by atoms with E-state index in [4.69, 9.17) is 0 Å². The van der Waals surface area contributed by atoms with Gasteiger partial charge in [0.1, 0.15) is 0 Å². The number of rotatable bonds is 3. The quantitative estimate of drug-likeness (QED) is 0.511. The first-order chi connectivity index (χ1) is 4.20. The molecule has 0 saturated heterocycles. The van der Waals surface area contributed by atoms with Gasteiger partial charge in [-0.15, -0.1) is 0 Å². The van der Waals surface area contributed by atoms with E-state index in [2.05, 4.69) is 18.2 Å². The highest BCUT2D eigenvalue weighted by molar-refractivity contribution is 5.94. The first-order valence-electron chi connectivity index (χ1n) is 3.06. The van der Waals surface area contributed by atoms with Gasteiger partial charge in [0.25, 0.3) is 0 Å². The number of nitrogens with zero attached hydrogens (tertiary/aromatic N) is 1. The maximum absolute atomic E-state index is 4.12. The van der Waals surface area contributed by atoms with Crippen LogP contribution in [0.25, 0.3) is 0 Å². The van der Waals surface area contributed by atoms with E-state index in [0.29, 0.717) is 0 Å². The lowest BCUT2D eigenvalue weighted by Crippen LogP contribution is -1.88. The van der Waals surface area contributed by atoms with Gasteiger partial charge in [0, 0.05) is 11.4 Å². The van der Waals surface area contributed by atoms with Crippen LogP contribution in [-0.2, 0) is 0 Å². The Morgan fingerprint density at radius 3 is 2.33 bits per heavy atom. The fourth-order valence-corrected chi connectivity index (χ4v) is 0.514. The molecule has 0 amide bonds. The lowest BCUT2D eigenvalue weighted by molar-refractivity contribution is 1.23. The zero-order valence-electron chi connectivity index (χ0n) is 6.15. The molecule has 0 spiro atoms. The molecule has 0 heterocycles. The number of hydrogen-bond acceptors (Lipinski definition) is 1. The highest BCUT2D eigenvalue weighted by atomic mass is 14.7. The Hall–Kier alpha value is -0.850. The van der Waals surface area contributed by atoms with Gasteiger partial charge in [-0.05, 0) is 19.4 Å². The number of aliphatic imine (C=N–C) groups is 1. The summed E-state index contributed by atoms with van der Waals surface area (Å²) in [6.45, 7) is 11.2. The van der Waals surface area contributed by atoms with Crippen molar-refractivity contribution in [3.05, 3.63) is 24.9 Å². The van der Waals surface area contributed by atoms with E-state index in [9.17, 15) is 0 Å². The fraction of sp³-hybridized carbons (Fsp3) is 0.375. The summed E-state index contributed by atoms with van der Waals surface area (Å²) in [5, 5.41) is 0. The highest BCUT2D eigenvalue weighted by Gasteiger charge is 1.85. The second-order valence-corrected chi connectivity index (χ2v) is 1.90. The van der Waals surface area contributed by atoms with Crippen LogP contribution in [0.5, 0.6) is 0 Å². The van der Waals surface area contributed by atoms with Crippen molar-refractivity contribution in [3.8, 4) is 0 Å². The van der Waals surface area contributed by atoms with Crippen molar-refractivity contribution in [2.24, 2.45) is 4.99 Å². The van der Waals surface area contributed by atoms with E-state index in [0.717, 1.165) is 17.8 Å². The maximum atomic E-state index is 4.12. The van der Waals surface area contributed by atoms with Gasteiger partial charge >= 0.3 is 0 Å². The van der Waals surface area contributed by atoms with E-state index in [1.807, 2.05) is 13.8 Å². The van der Waals surface area contributed by atoms with Crippen molar-refractivity contribution in [1.82, 2.24) is 0 Å². The van der Waals surface area contributed by atoms with Crippen LogP contribution in [-0.4, -0.2) is 5.71 Å². The molecule has 0 N–H and O–H groups in total. The van der Waals surface area contributed by atoms with E-state index in [1.54, 1.807) is 6.08 Å². The standard InChI is InChI=1S/C8H13N/c1-5-8(6-2)9-7(3)4/h5H,1,3,6H2,2,4H3/b9-8+. The van der Waals surface area contributed by atoms with E-state index in [-0.39, 0.29) is 0 Å². The molecule has 0 aromatic carbocycles. The molecule has 0 unspecified atom stereocenters. The Kier molecular flexibility index (Phi) is 3.69. The van der Waals surface area contributed by atoms with Crippen molar-refractivity contribution in [3.63, 3.8) is 0 Å². The zero-order valence-corrected chi connectivity index (χ0v) is 6.15. The molecular weight excluding hydrogens is 110 g/mol. The van der Waals surface area contributed by atoms with Crippen LogP contribution in [0.3, 0.4) is 0 Å². The molecule has 0 aromatic rings. The molecule has 50 valence electrons. The summed E-state index contributed by atoms with van der Waals surface area (Å²) < 4.78 is 0. The third kappa shape index (κ3) is 3.71. The van der Waals surface area contributed by atoms with Gasteiger partial charge in [-0.2, -0.15) is 0 Å². The Balaban J connectivity index is 4.07. The number of allylic oxidation sites excluding steroid dienone is 2. The molecule has 0 aliphatic rings. The molecule has 0 radical (unpaired) electrons. The molecule has 0 aromatic heterocycles. The van der Waals surface area contributed by atoms with Crippen molar-refractivity contribution < 1.29 is 0 Å². The summed E-state index contributed by atoms with van der Waals surface area (Å²) in [5.74, 6) is 0. The maximum Gasteiger partial charge on any atom is 0.0397 e. The summed E-state index contributed by atoms with van der Waals surface area (Å²) in [7, 11) is 0. The van der Waals surface area contributed by atoms with Gasteiger partial charge in [-0.3, -0.25) is 4.99 Å². The fourth-order valence-electron chi connectivity index (χ4n) is 0.514. The SMILES string of the molecule is C=C/C(CC)=N\C(=C)C. The summed E-state index contributed by atoms with van der Waals surface area (Å²) in [5.41, 5.74) is 1.84. The average molecular weight is 123 g/mol. The molecule has 0 rings (SSSR count). The van der Waals surface area contributed by atoms with Crippen molar-refractivity contribution in [1.29, 1.82) is 0 Å². The Morgan fingerprint density at radius 1 is 1.67 bits per heavy atom. The lowest BCUT2D eigenvalue weighted by atomic mass is 10.3. The van der Waals surface area contributed by atoms with Gasteiger partial charge in [0.15, 0.2) is 0 Å². The molecular formula is C8H13N. The molecule has 0 aliphatic carbocycles. The van der Waals surface area contributed by atoms with Crippen LogP contribution in [0.2, 0.25) is 0 Å². The van der Waals surface area contributed by atoms with Crippen LogP contribution in [0.15, 0.2) is 29.9 Å². The molecule has 0 atom stereocenters. The molecule has 0 bridgehead atoms. The van der Waals surface area contributed by atoms with E-state index in [1.165, 1.54) is 0 Å². The van der Waals surface area contributed by atoms with Crippen molar-refractivity contribution in [2.45, 2.75) is 20.3 Å². The van der Waals surface area contributed by atoms with Crippen LogP contribution < -0.4 is 0 Å². The van der Waals surface area contributed by atoms with Gasteiger partial charge in [-0.25, -0.2) is 0 Å². The van der Waals surface area contributed by atoms with Crippen LogP contribution in [0.1, 0.15) is 20.3 Å². The second kappa shape index (κ2) is 4.07. The highest BCUT2D eigenvalue weighted by Crippen LogP contribution is 1.94. The van der Waals surface area contributed by atoms with Crippen LogP contribution in [0.4, 0.5) is 0 Å². The predicted octanol–water partition coefficient (Wildman–Crippen LogP) is 2.56. The number of hydrogen-bond donors (Lipinski definition) is 0. The van der Waals surface area contributed by atoms with Crippen molar-refractivity contribution in [2.75, 3.05) is 0 Å². The Labute approximate surface area is 56.8 Å². The third-order valence-electron chi connectivity index (χ3n) is 0.932. The average Bonchev–Trinajstić information content (AvgIpc) is 1.82. The van der Waals surface area contributed by atoms with Gasteiger partial charge in [0.2, 0.25) is 0 Å². The lowest BCUT2D eigenvalue weighted by Gasteiger charge is -1.93. The summed E-state index contributed by atoms with van der Waals surface area (Å²) in [6.07, 6.45) is 2.69. The van der Waals surface area contributed by atoms with E-state index < -0.39 is 0 Å². The molecule has 1 heteroatoms. The first-order valence-corrected chi connectivity index (χ1v) is 3.06. The smallest absolute Gasteiger partial charge is 0.0397 e. The monoisotopic (exact) mass is 123 g/mol. The van der Waals surface area contributed by atoms with Crippen LogP contribution in [0, 0.1) is 0 Å². The molecule has 0 saturated carbocycles. The predicted molar refractivity (Wildman–Crippen MR) is 42.7 cm³/mol. The minimum absolute atomic E-state index is 0.840. The molecule has 0 fully saturated rings. The Morgan fingerprint density at radius 2 is 2.22 bits per heavy atom. The molecule has 1 nitrogen and oxygen atoms in total. The largest absolute Gasteiger partial charge is 0.259 e. The minimum Gasteiger partial charge on any atom is -0.259 e. The third-order valence-corrected chi connectivity index (χ3v) is 0.932. The first kappa shape index (κ1) is 8.15. The Bertz CT molecular complexity index is 143. The summed E-state index contributed by atoms with van der Waals surface area (Å²) in [4.78, 5) is 4.12.